The summed E-state index contributed by atoms with van der Waals surface area (Å²) in [5.41, 5.74) is -1.11. The monoisotopic (exact) mass is 394 g/mol. The Kier molecular flexibility index (Phi) is 4.51. The lowest BCUT2D eigenvalue weighted by molar-refractivity contribution is -0.163. The highest BCUT2D eigenvalue weighted by atomic mass is 32.2. The molecule has 0 radical (unpaired) electrons. The highest BCUT2D eigenvalue weighted by molar-refractivity contribution is 8.00. The summed E-state index contributed by atoms with van der Waals surface area (Å²) in [6.45, 7) is 1.62. The third-order valence-electron chi connectivity index (χ3n) is 5.98. The van der Waals surface area contributed by atoms with Gasteiger partial charge in [0.2, 0.25) is 11.8 Å². The maximum atomic E-state index is 12.8. The fourth-order valence-corrected chi connectivity index (χ4v) is 7.49. The Labute approximate surface area is 160 Å². The van der Waals surface area contributed by atoms with Crippen LogP contribution in [0.5, 0.6) is 0 Å². The lowest BCUT2D eigenvalue weighted by Gasteiger charge is -2.58. The molecule has 2 amide bonds. The van der Waals surface area contributed by atoms with E-state index >= 15 is 0 Å². The van der Waals surface area contributed by atoms with Gasteiger partial charge in [0.15, 0.2) is 0 Å². The van der Waals surface area contributed by atoms with Crippen molar-refractivity contribution in [3.63, 3.8) is 0 Å². The number of carboxylic acid groups (broad SMARTS) is 1. The molecule has 26 heavy (non-hydrogen) atoms. The number of thiophene rings is 1. The van der Waals surface area contributed by atoms with Crippen molar-refractivity contribution in [2.24, 2.45) is 11.3 Å². The molecule has 3 fully saturated rings. The first-order valence-electron chi connectivity index (χ1n) is 8.95. The summed E-state index contributed by atoms with van der Waals surface area (Å²) in [7, 11) is 0. The molecular weight excluding hydrogens is 372 g/mol. The molecule has 2 aliphatic heterocycles. The van der Waals surface area contributed by atoms with E-state index in [2.05, 4.69) is 5.32 Å². The predicted molar refractivity (Wildman–Crippen MR) is 99.8 cm³/mol. The first-order valence-corrected chi connectivity index (χ1v) is 10.8. The van der Waals surface area contributed by atoms with Crippen LogP contribution >= 0.6 is 23.1 Å². The third kappa shape index (κ3) is 2.57. The number of nitrogens with one attached hydrogen (secondary N) is 1. The van der Waals surface area contributed by atoms with Crippen LogP contribution in [0, 0.1) is 11.3 Å². The Morgan fingerprint density at radius 1 is 1.35 bits per heavy atom. The van der Waals surface area contributed by atoms with Crippen LogP contribution in [0.3, 0.4) is 0 Å². The van der Waals surface area contributed by atoms with Gasteiger partial charge in [-0.25, -0.2) is 0 Å². The summed E-state index contributed by atoms with van der Waals surface area (Å²) in [5.74, 6) is -1.36. The molecule has 2 N–H and O–H groups in total. The second-order valence-corrected chi connectivity index (χ2v) is 9.60. The number of carbonyl (C=O) groups is 3. The first-order chi connectivity index (χ1) is 12.4. The maximum absolute atomic E-state index is 12.8. The first kappa shape index (κ1) is 17.9. The van der Waals surface area contributed by atoms with Crippen LogP contribution in [-0.2, 0) is 14.4 Å². The number of hydrogen-bond donors (Lipinski definition) is 2. The number of β-lactam (4-membered cyclic amide) rings is 1. The van der Waals surface area contributed by atoms with Crippen LogP contribution in [0.25, 0.3) is 0 Å². The zero-order chi connectivity index (χ0) is 18.5. The Bertz CT molecular complexity index is 732. The standard InChI is InChI=1S/C18H22N2O4S2/c1-10(21)19-16-18(17(23)24,11-5-2-3-6-11)9-20-14(22)13(15(20)26-16)12-7-4-8-25-12/h4,7-8,11,13,15-16H,2-3,5-6,9H2,1H3,(H,19,21)(H,23,24)/t13?,15-,16?,18?/m1/s1. The number of rotatable bonds is 4. The molecule has 0 spiro atoms. The number of thioether (sulfide) groups is 1. The van der Waals surface area contributed by atoms with Crippen molar-refractivity contribution in [2.45, 2.75) is 49.3 Å². The molecule has 1 saturated carbocycles. The Morgan fingerprint density at radius 2 is 2.08 bits per heavy atom. The minimum atomic E-state index is -1.11. The van der Waals surface area contributed by atoms with Crippen molar-refractivity contribution in [1.29, 1.82) is 0 Å². The Morgan fingerprint density at radius 3 is 2.65 bits per heavy atom. The second kappa shape index (κ2) is 6.56. The summed E-state index contributed by atoms with van der Waals surface area (Å²) in [4.78, 5) is 39.8. The SMILES string of the molecule is CC(=O)NC1S[C@@H]2C(c3cccs3)C(=O)N2CC1(C(=O)O)C1CCCC1. The van der Waals surface area contributed by atoms with Gasteiger partial charge in [-0.05, 0) is 30.2 Å². The summed E-state index contributed by atoms with van der Waals surface area (Å²) < 4.78 is 0. The van der Waals surface area contributed by atoms with Crippen LogP contribution < -0.4 is 5.32 Å². The predicted octanol–water partition coefficient (Wildman–Crippen LogP) is 2.47. The fourth-order valence-electron chi connectivity index (χ4n) is 4.69. The number of carbonyl (C=O) groups excluding carboxylic acids is 2. The van der Waals surface area contributed by atoms with E-state index in [-0.39, 0.29) is 35.6 Å². The molecule has 4 atom stereocenters. The molecule has 3 unspecified atom stereocenters. The van der Waals surface area contributed by atoms with E-state index in [1.807, 2.05) is 17.5 Å². The van der Waals surface area contributed by atoms with Crippen molar-refractivity contribution in [1.82, 2.24) is 10.2 Å². The number of aliphatic carboxylic acids is 1. The van der Waals surface area contributed by atoms with E-state index in [1.165, 1.54) is 18.7 Å². The fraction of sp³-hybridized carbons (Fsp3) is 0.611. The highest BCUT2D eigenvalue weighted by Crippen LogP contribution is 2.57. The molecule has 0 aromatic carbocycles. The number of fused-ring (bicyclic) bond motifs is 1. The van der Waals surface area contributed by atoms with Gasteiger partial charge in [-0.2, -0.15) is 0 Å². The average Bonchev–Trinajstić information content (AvgIpc) is 3.27. The van der Waals surface area contributed by atoms with E-state index in [0.717, 1.165) is 30.6 Å². The van der Waals surface area contributed by atoms with Crippen LogP contribution in [0.2, 0.25) is 0 Å². The summed E-state index contributed by atoms with van der Waals surface area (Å²) in [6.07, 6.45) is 3.69. The molecular formula is C18H22N2O4S2. The summed E-state index contributed by atoms with van der Waals surface area (Å²) in [6, 6.07) is 3.88. The van der Waals surface area contributed by atoms with E-state index in [1.54, 1.807) is 16.2 Å². The summed E-state index contributed by atoms with van der Waals surface area (Å²) in [5, 5.41) is 14.4. The zero-order valence-corrected chi connectivity index (χ0v) is 16.1. The van der Waals surface area contributed by atoms with E-state index in [0.29, 0.717) is 0 Å². The van der Waals surface area contributed by atoms with Gasteiger partial charge >= 0.3 is 5.97 Å². The largest absolute Gasteiger partial charge is 0.481 e. The Balaban J connectivity index is 1.68. The molecule has 4 rings (SSSR count). The number of amides is 2. The van der Waals surface area contributed by atoms with Crippen LogP contribution in [-0.4, -0.2) is 45.1 Å². The molecule has 3 aliphatic rings. The highest BCUT2D eigenvalue weighted by Gasteiger charge is 2.64. The van der Waals surface area contributed by atoms with Gasteiger partial charge in [0, 0.05) is 18.3 Å². The van der Waals surface area contributed by atoms with Gasteiger partial charge in [0.25, 0.3) is 0 Å². The molecule has 140 valence electrons. The molecule has 0 bridgehead atoms. The van der Waals surface area contributed by atoms with E-state index in [9.17, 15) is 19.5 Å². The van der Waals surface area contributed by atoms with Crippen LogP contribution in [0.1, 0.15) is 43.4 Å². The zero-order valence-electron chi connectivity index (χ0n) is 14.5. The molecule has 1 aromatic heterocycles. The quantitative estimate of drug-likeness (QED) is 0.766. The van der Waals surface area contributed by atoms with Gasteiger partial charge in [-0.3, -0.25) is 14.4 Å². The Hall–Kier alpha value is -1.54. The van der Waals surface area contributed by atoms with E-state index in [4.69, 9.17) is 0 Å². The maximum Gasteiger partial charge on any atom is 0.314 e. The smallest absolute Gasteiger partial charge is 0.314 e. The average molecular weight is 395 g/mol. The minimum absolute atomic E-state index is 0.00912. The molecule has 3 heterocycles. The van der Waals surface area contributed by atoms with Crippen molar-refractivity contribution in [3.8, 4) is 0 Å². The normalized spacial score (nSPS) is 34.3. The molecule has 6 nitrogen and oxygen atoms in total. The van der Waals surface area contributed by atoms with Gasteiger partial charge in [0.05, 0.1) is 10.7 Å². The number of nitrogens with zero attached hydrogens (tertiary/aromatic N) is 1. The topological polar surface area (TPSA) is 86.7 Å². The number of hydrogen-bond acceptors (Lipinski definition) is 5. The van der Waals surface area contributed by atoms with Crippen molar-refractivity contribution < 1.29 is 19.5 Å². The van der Waals surface area contributed by atoms with E-state index < -0.39 is 16.8 Å². The molecule has 8 heteroatoms. The van der Waals surface area contributed by atoms with Crippen LogP contribution in [0.15, 0.2) is 17.5 Å². The third-order valence-corrected chi connectivity index (χ3v) is 8.55. The second-order valence-electron chi connectivity index (χ2n) is 7.39. The van der Waals surface area contributed by atoms with Gasteiger partial charge < -0.3 is 15.3 Å². The van der Waals surface area contributed by atoms with Gasteiger partial charge in [-0.1, -0.05) is 18.9 Å². The van der Waals surface area contributed by atoms with Crippen LogP contribution in [0.4, 0.5) is 0 Å². The molecule has 2 saturated heterocycles. The number of carboxylic acids is 1. The van der Waals surface area contributed by atoms with Gasteiger partial charge in [0.1, 0.15) is 11.3 Å². The van der Waals surface area contributed by atoms with Gasteiger partial charge in [-0.15, -0.1) is 23.1 Å². The molecule has 1 aromatic rings. The summed E-state index contributed by atoms with van der Waals surface area (Å²) >= 11 is 2.99. The lowest BCUT2D eigenvalue weighted by atomic mass is 9.71. The minimum Gasteiger partial charge on any atom is -0.481 e. The van der Waals surface area contributed by atoms with Crippen molar-refractivity contribution in [3.05, 3.63) is 22.4 Å². The lowest BCUT2D eigenvalue weighted by Crippen LogP contribution is -2.71. The van der Waals surface area contributed by atoms with Crippen molar-refractivity contribution in [2.75, 3.05) is 6.54 Å². The van der Waals surface area contributed by atoms with Crippen molar-refractivity contribution >= 4 is 40.9 Å². The molecule has 1 aliphatic carbocycles.